The first-order valence-corrected chi connectivity index (χ1v) is 10.5. The van der Waals surface area contributed by atoms with Crippen molar-refractivity contribution in [3.8, 4) is 16.8 Å². The van der Waals surface area contributed by atoms with E-state index in [0.717, 1.165) is 11.8 Å². The van der Waals surface area contributed by atoms with Crippen LogP contribution in [0.1, 0.15) is 0 Å². The monoisotopic (exact) mass is 444 g/mol. The number of benzene rings is 2. The van der Waals surface area contributed by atoms with E-state index in [2.05, 4.69) is 4.98 Å². The minimum absolute atomic E-state index is 0.0775. The van der Waals surface area contributed by atoms with Crippen molar-refractivity contribution >= 4 is 39.2 Å². The number of nitrogens with zero attached hydrogens (tertiary/aromatic N) is 2. The number of fused-ring (bicyclic) bond motifs is 1. The number of carbonyl (C=O) groups is 1. The Morgan fingerprint density at radius 2 is 1.90 bits per heavy atom. The lowest BCUT2D eigenvalue weighted by Gasteiger charge is -2.12. The number of carbonyl (C=O) groups excluding carboxylic acids is 1. The maximum absolute atomic E-state index is 13.9. The SMILES string of the molecule is NNC(=O)CSc1nc2scc(-c3cccc(F)c3)c2c(=O)n1-c1cccc(F)c1. The third kappa shape index (κ3) is 3.84. The Morgan fingerprint density at radius 1 is 1.17 bits per heavy atom. The molecule has 0 aliphatic carbocycles. The number of hydrogen-bond donors (Lipinski definition) is 2. The van der Waals surface area contributed by atoms with Gasteiger partial charge in [0.25, 0.3) is 5.56 Å². The van der Waals surface area contributed by atoms with Crippen LogP contribution in [0.5, 0.6) is 0 Å². The van der Waals surface area contributed by atoms with Gasteiger partial charge >= 0.3 is 0 Å². The van der Waals surface area contributed by atoms with Gasteiger partial charge in [-0.3, -0.25) is 19.6 Å². The van der Waals surface area contributed by atoms with Crippen LogP contribution in [0.15, 0.2) is 63.9 Å². The lowest BCUT2D eigenvalue weighted by molar-refractivity contribution is -0.118. The summed E-state index contributed by atoms with van der Waals surface area (Å²) in [6.07, 6.45) is 0. The third-order valence-corrected chi connectivity index (χ3v) is 6.08. The molecule has 0 fully saturated rings. The zero-order chi connectivity index (χ0) is 21.3. The van der Waals surface area contributed by atoms with Gasteiger partial charge in [0.05, 0.1) is 16.8 Å². The van der Waals surface area contributed by atoms with E-state index in [-0.39, 0.29) is 16.6 Å². The molecule has 2 aromatic carbocycles. The molecular weight excluding hydrogens is 430 g/mol. The van der Waals surface area contributed by atoms with E-state index in [1.807, 2.05) is 5.43 Å². The van der Waals surface area contributed by atoms with Crippen molar-refractivity contribution in [2.24, 2.45) is 5.84 Å². The van der Waals surface area contributed by atoms with Gasteiger partial charge in [-0.1, -0.05) is 30.0 Å². The Morgan fingerprint density at radius 3 is 2.60 bits per heavy atom. The first-order valence-electron chi connectivity index (χ1n) is 8.66. The molecule has 0 bridgehead atoms. The van der Waals surface area contributed by atoms with Crippen molar-refractivity contribution in [1.29, 1.82) is 0 Å². The predicted molar refractivity (Wildman–Crippen MR) is 114 cm³/mol. The van der Waals surface area contributed by atoms with Crippen LogP contribution in [0.25, 0.3) is 27.0 Å². The highest BCUT2D eigenvalue weighted by atomic mass is 32.2. The summed E-state index contributed by atoms with van der Waals surface area (Å²) in [7, 11) is 0. The molecule has 6 nitrogen and oxygen atoms in total. The zero-order valence-corrected chi connectivity index (χ0v) is 16.9. The van der Waals surface area contributed by atoms with Crippen LogP contribution in [0.4, 0.5) is 8.78 Å². The molecule has 0 aliphatic rings. The molecule has 0 radical (unpaired) electrons. The Balaban J connectivity index is 1.96. The van der Waals surface area contributed by atoms with Gasteiger partial charge in [0.2, 0.25) is 5.91 Å². The van der Waals surface area contributed by atoms with E-state index in [4.69, 9.17) is 5.84 Å². The summed E-state index contributed by atoms with van der Waals surface area (Å²) in [6.45, 7) is 0. The number of aromatic nitrogens is 2. The molecule has 30 heavy (non-hydrogen) atoms. The number of amides is 1. The molecule has 2 aromatic heterocycles. The topological polar surface area (TPSA) is 90.0 Å². The van der Waals surface area contributed by atoms with Gasteiger partial charge in [-0.25, -0.2) is 19.6 Å². The number of hydrazine groups is 1. The number of rotatable bonds is 5. The number of thiophene rings is 1. The first-order chi connectivity index (χ1) is 14.5. The molecule has 0 saturated carbocycles. The highest BCUT2D eigenvalue weighted by Gasteiger charge is 2.19. The normalized spacial score (nSPS) is 11.0. The summed E-state index contributed by atoms with van der Waals surface area (Å²) in [4.78, 5) is 30.0. The lowest BCUT2D eigenvalue weighted by atomic mass is 10.1. The van der Waals surface area contributed by atoms with Crippen LogP contribution in [-0.4, -0.2) is 21.2 Å². The molecular formula is C20H14F2N4O2S2. The predicted octanol–water partition coefficient (Wildman–Crippen LogP) is 3.47. The van der Waals surface area contributed by atoms with Crippen molar-refractivity contribution in [3.05, 3.63) is 75.9 Å². The quantitative estimate of drug-likeness (QED) is 0.162. The van der Waals surface area contributed by atoms with Crippen LogP contribution in [0.2, 0.25) is 0 Å². The Kier molecular flexibility index (Phi) is 5.62. The van der Waals surface area contributed by atoms with Crippen LogP contribution in [-0.2, 0) is 4.79 Å². The van der Waals surface area contributed by atoms with Crippen molar-refractivity contribution < 1.29 is 13.6 Å². The molecule has 4 aromatic rings. The molecule has 0 atom stereocenters. The van der Waals surface area contributed by atoms with Crippen LogP contribution >= 0.6 is 23.1 Å². The standard InChI is InChI=1S/C20H14F2N4O2S2/c21-12-4-1-3-11(7-12)15-9-29-18-17(15)19(28)26(14-6-2-5-13(22)8-14)20(24-18)30-10-16(27)25-23/h1-9H,10,23H2,(H,25,27). The van der Waals surface area contributed by atoms with Crippen molar-refractivity contribution in [3.63, 3.8) is 0 Å². The number of hydrogen-bond acceptors (Lipinski definition) is 6. The summed E-state index contributed by atoms with van der Waals surface area (Å²) in [5, 5.41) is 2.24. The third-order valence-electron chi connectivity index (χ3n) is 4.27. The highest BCUT2D eigenvalue weighted by molar-refractivity contribution is 7.99. The van der Waals surface area contributed by atoms with E-state index in [0.29, 0.717) is 21.3 Å². The molecule has 4 rings (SSSR count). The van der Waals surface area contributed by atoms with Crippen molar-refractivity contribution in [1.82, 2.24) is 15.0 Å². The second-order valence-electron chi connectivity index (χ2n) is 6.21. The smallest absolute Gasteiger partial charge is 0.268 e. The molecule has 0 unspecified atom stereocenters. The fourth-order valence-electron chi connectivity index (χ4n) is 2.95. The van der Waals surface area contributed by atoms with Crippen molar-refractivity contribution in [2.75, 3.05) is 5.75 Å². The molecule has 152 valence electrons. The van der Waals surface area contributed by atoms with Crippen LogP contribution in [0.3, 0.4) is 0 Å². The molecule has 0 aliphatic heterocycles. The maximum Gasteiger partial charge on any atom is 0.268 e. The van der Waals surface area contributed by atoms with Crippen LogP contribution in [0, 0.1) is 11.6 Å². The molecule has 10 heteroatoms. The zero-order valence-electron chi connectivity index (χ0n) is 15.3. The summed E-state index contributed by atoms with van der Waals surface area (Å²) < 4.78 is 28.8. The first kappa shape index (κ1) is 20.2. The Hall–Kier alpha value is -3.08. The fraction of sp³-hybridized carbons (Fsp3) is 0.0500. The summed E-state index contributed by atoms with van der Waals surface area (Å²) in [5.41, 5.74) is 2.91. The summed E-state index contributed by atoms with van der Waals surface area (Å²) >= 11 is 2.23. The van der Waals surface area contributed by atoms with Gasteiger partial charge < -0.3 is 0 Å². The van der Waals surface area contributed by atoms with E-state index in [9.17, 15) is 18.4 Å². The van der Waals surface area contributed by atoms with Gasteiger partial charge in [0.15, 0.2) is 5.16 Å². The number of nitrogens with two attached hydrogens (primary N) is 1. The van der Waals surface area contributed by atoms with Gasteiger partial charge in [-0.2, -0.15) is 0 Å². The van der Waals surface area contributed by atoms with Crippen molar-refractivity contribution in [2.45, 2.75) is 5.16 Å². The molecule has 0 spiro atoms. The van der Waals surface area contributed by atoms with Gasteiger partial charge in [0.1, 0.15) is 16.5 Å². The molecule has 2 heterocycles. The second kappa shape index (κ2) is 8.34. The summed E-state index contributed by atoms with van der Waals surface area (Å²) in [6, 6.07) is 11.4. The minimum Gasteiger partial charge on any atom is -0.294 e. The number of thioether (sulfide) groups is 1. The Labute approximate surface area is 177 Å². The maximum atomic E-state index is 13.9. The van der Waals surface area contributed by atoms with Crippen LogP contribution < -0.4 is 16.8 Å². The van der Waals surface area contributed by atoms with Gasteiger partial charge in [0, 0.05) is 10.9 Å². The minimum atomic E-state index is -0.522. The number of nitrogens with one attached hydrogen (secondary N) is 1. The van der Waals surface area contributed by atoms with E-state index in [1.54, 1.807) is 23.6 Å². The summed E-state index contributed by atoms with van der Waals surface area (Å²) in [5.74, 6) is 3.65. The van der Waals surface area contributed by atoms with E-state index in [1.165, 1.54) is 46.2 Å². The highest BCUT2D eigenvalue weighted by Crippen LogP contribution is 2.33. The van der Waals surface area contributed by atoms with Gasteiger partial charge in [-0.05, 0) is 35.9 Å². The van der Waals surface area contributed by atoms with E-state index < -0.39 is 23.1 Å². The van der Waals surface area contributed by atoms with Gasteiger partial charge in [-0.15, -0.1) is 11.3 Å². The second-order valence-corrected chi connectivity index (χ2v) is 8.01. The molecule has 1 amide bonds. The number of halogens is 2. The average molecular weight is 444 g/mol. The van der Waals surface area contributed by atoms with E-state index >= 15 is 0 Å². The lowest BCUT2D eigenvalue weighted by Crippen LogP contribution is -2.32. The Bertz CT molecular complexity index is 1320. The molecule has 3 N–H and O–H groups in total. The largest absolute Gasteiger partial charge is 0.294 e. The fourth-order valence-corrected chi connectivity index (χ4v) is 4.76. The molecule has 0 saturated heterocycles. The average Bonchev–Trinajstić information content (AvgIpc) is 3.16.